The Bertz CT molecular complexity index is 454. The number of hydrogen-bond acceptors (Lipinski definition) is 4. The average molecular weight is 310 g/mol. The molecule has 1 amide bonds. The molecule has 22 heavy (non-hydrogen) atoms. The number of phenolic OH excluding ortho intramolecular Hbond substituents is 1. The van der Waals surface area contributed by atoms with Crippen LogP contribution in [0.15, 0.2) is 24.3 Å². The van der Waals surface area contributed by atoms with E-state index in [0.29, 0.717) is 18.9 Å². The van der Waals surface area contributed by atoms with E-state index in [9.17, 15) is 4.79 Å². The Kier molecular flexibility index (Phi) is 9.61. The summed E-state index contributed by atoms with van der Waals surface area (Å²) in [5, 5.41) is 19.4. The summed E-state index contributed by atoms with van der Waals surface area (Å²) in [7, 11) is 0. The first-order valence-corrected chi connectivity index (χ1v) is 7.23. The van der Waals surface area contributed by atoms with Crippen LogP contribution in [0.5, 0.6) is 5.75 Å². The first-order valence-electron chi connectivity index (χ1n) is 7.23. The van der Waals surface area contributed by atoms with Crippen LogP contribution in [0.2, 0.25) is 0 Å². The highest BCUT2D eigenvalue weighted by atomic mass is 16.4. The number of carboxylic acids is 1. The van der Waals surface area contributed by atoms with Gasteiger partial charge in [0.15, 0.2) is 0 Å². The first-order chi connectivity index (χ1) is 10.2. The highest BCUT2D eigenvalue weighted by Crippen LogP contribution is 2.09. The van der Waals surface area contributed by atoms with Crippen molar-refractivity contribution in [3.05, 3.63) is 29.8 Å². The summed E-state index contributed by atoms with van der Waals surface area (Å²) in [6, 6.07) is 6.54. The molecule has 1 rings (SSSR count). The van der Waals surface area contributed by atoms with Crippen LogP contribution < -0.4 is 11.1 Å². The number of aromatic hydroxyl groups is 1. The standard InChI is InChI=1S/C14H22N2O2.C2H4O2/c1-10(2)9-13(15)14(18)16-8-7-11-3-5-12(17)6-4-11;1-2(3)4/h3-6,10,13,17H,7-9,15H2,1-2H3,(H,16,18);1H3,(H,3,4)/t13-;/m0./s1. The number of hydrogen-bond donors (Lipinski definition) is 4. The van der Waals surface area contributed by atoms with Gasteiger partial charge in [-0.25, -0.2) is 0 Å². The van der Waals surface area contributed by atoms with Gasteiger partial charge in [0.2, 0.25) is 5.91 Å². The van der Waals surface area contributed by atoms with E-state index in [0.717, 1.165) is 18.9 Å². The van der Waals surface area contributed by atoms with Gasteiger partial charge in [-0.1, -0.05) is 26.0 Å². The minimum absolute atomic E-state index is 0.0949. The number of rotatable bonds is 6. The zero-order valence-electron chi connectivity index (χ0n) is 13.4. The summed E-state index contributed by atoms with van der Waals surface area (Å²) < 4.78 is 0. The van der Waals surface area contributed by atoms with Crippen molar-refractivity contribution in [2.45, 2.75) is 39.7 Å². The van der Waals surface area contributed by atoms with E-state index >= 15 is 0 Å². The second-order valence-corrected chi connectivity index (χ2v) is 5.46. The summed E-state index contributed by atoms with van der Waals surface area (Å²) in [5.41, 5.74) is 6.85. The lowest BCUT2D eigenvalue weighted by Gasteiger charge is -2.14. The van der Waals surface area contributed by atoms with Gasteiger partial charge in [0.1, 0.15) is 5.75 Å². The van der Waals surface area contributed by atoms with Gasteiger partial charge in [-0.3, -0.25) is 9.59 Å². The Morgan fingerprint density at radius 2 is 1.73 bits per heavy atom. The number of aliphatic carboxylic acids is 1. The number of nitrogens with one attached hydrogen (secondary N) is 1. The monoisotopic (exact) mass is 310 g/mol. The lowest BCUT2D eigenvalue weighted by atomic mass is 10.0. The Morgan fingerprint density at radius 1 is 1.23 bits per heavy atom. The van der Waals surface area contributed by atoms with Crippen LogP contribution in [-0.2, 0) is 16.0 Å². The summed E-state index contributed by atoms with van der Waals surface area (Å²) in [5.74, 6) is -0.257. The van der Waals surface area contributed by atoms with Crippen molar-refractivity contribution in [3.8, 4) is 5.75 Å². The van der Waals surface area contributed by atoms with E-state index in [-0.39, 0.29) is 11.7 Å². The number of nitrogens with two attached hydrogens (primary N) is 1. The van der Waals surface area contributed by atoms with E-state index in [1.165, 1.54) is 0 Å². The normalized spacial score (nSPS) is 11.3. The first kappa shape index (κ1) is 19.9. The Labute approximate surface area is 131 Å². The molecule has 0 saturated carbocycles. The number of phenols is 1. The van der Waals surface area contributed by atoms with Crippen LogP contribution >= 0.6 is 0 Å². The third-order valence-electron chi connectivity index (χ3n) is 2.71. The molecule has 1 aromatic rings. The fourth-order valence-corrected chi connectivity index (χ4v) is 1.74. The van der Waals surface area contributed by atoms with Crippen molar-refractivity contribution in [3.63, 3.8) is 0 Å². The van der Waals surface area contributed by atoms with Crippen molar-refractivity contribution < 1.29 is 19.8 Å². The van der Waals surface area contributed by atoms with Crippen LogP contribution in [0.25, 0.3) is 0 Å². The lowest BCUT2D eigenvalue weighted by molar-refractivity contribution is -0.134. The molecule has 1 atom stereocenters. The summed E-state index contributed by atoms with van der Waals surface area (Å²) >= 11 is 0. The third kappa shape index (κ3) is 10.7. The highest BCUT2D eigenvalue weighted by molar-refractivity contribution is 5.81. The molecule has 6 heteroatoms. The molecular formula is C16H26N2O4. The second-order valence-electron chi connectivity index (χ2n) is 5.46. The quantitative estimate of drug-likeness (QED) is 0.636. The molecule has 1 aromatic carbocycles. The summed E-state index contributed by atoms with van der Waals surface area (Å²) in [6.07, 6.45) is 1.44. The van der Waals surface area contributed by atoms with Crippen LogP contribution in [0.1, 0.15) is 32.8 Å². The van der Waals surface area contributed by atoms with E-state index in [1.54, 1.807) is 12.1 Å². The maximum atomic E-state index is 11.6. The van der Waals surface area contributed by atoms with Crippen LogP contribution in [0, 0.1) is 5.92 Å². The molecule has 0 aliphatic rings. The molecule has 0 unspecified atom stereocenters. The van der Waals surface area contributed by atoms with E-state index < -0.39 is 12.0 Å². The van der Waals surface area contributed by atoms with Gasteiger partial charge >= 0.3 is 0 Å². The summed E-state index contributed by atoms with van der Waals surface area (Å²) in [6.45, 7) is 5.74. The van der Waals surface area contributed by atoms with Gasteiger partial charge in [0.25, 0.3) is 5.97 Å². The van der Waals surface area contributed by atoms with Gasteiger partial charge in [0.05, 0.1) is 6.04 Å². The molecule has 0 saturated heterocycles. The molecular weight excluding hydrogens is 284 g/mol. The van der Waals surface area contributed by atoms with Crippen molar-refractivity contribution >= 4 is 11.9 Å². The van der Waals surface area contributed by atoms with E-state index in [4.69, 9.17) is 20.7 Å². The zero-order chi connectivity index (χ0) is 17.1. The fourth-order valence-electron chi connectivity index (χ4n) is 1.74. The number of carboxylic acid groups (broad SMARTS) is 1. The number of benzene rings is 1. The maximum absolute atomic E-state index is 11.6. The zero-order valence-corrected chi connectivity index (χ0v) is 13.4. The molecule has 0 spiro atoms. The van der Waals surface area contributed by atoms with E-state index in [2.05, 4.69) is 5.32 Å². The largest absolute Gasteiger partial charge is 0.508 e. The molecule has 0 aliphatic carbocycles. The van der Waals surface area contributed by atoms with Gasteiger partial charge in [-0.15, -0.1) is 0 Å². The molecule has 0 aliphatic heterocycles. The SMILES string of the molecule is CC(=O)O.CC(C)C[C@H](N)C(=O)NCCc1ccc(O)cc1. The maximum Gasteiger partial charge on any atom is 0.300 e. The summed E-state index contributed by atoms with van der Waals surface area (Å²) in [4.78, 5) is 20.6. The van der Waals surface area contributed by atoms with Gasteiger partial charge < -0.3 is 21.3 Å². The predicted octanol–water partition coefficient (Wildman–Crippen LogP) is 1.52. The molecule has 6 nitrogen and oxygen atoms in total. The average Bonchev–Trinajstić information content (AvgIpc) is 2.39. The van der Waals surface area contributed by atoms with Crippen molar-refractivity contribution in [2.75, 3.05) is 6.54 Å². The Balaban J connectivity index is 0.000000980. The molecule has 0 aromatic heterocycles. The second kappa shape index (κ2) is 10.6. The van der Waals surface area contributed by atoms with Gasteiger partial charge in [0, 0.05) is 13.5 Å². The van der Waals surface area contributed by atoms with Crippen molar-refractivity contribution in [1.29, 1.82) is 0 Å². The van der Waals surface area contributed by atoms with E-state index in [1.807, 2.05) is 26.0 Å². The minimum Gasteiger partial charge on any atom is -0.508 e. The van der Waals surface area contributed by atoms with Gasteiger partial charge in [-0.05, 0) is 36.5 Å². The van der Waals surface area contributed by atoms with Crippen molar-refractivity contribution in [2.24, 2.45) is 11.7 Å². The van der Waals surface area contributed by atoms with Crippen molar-refractivity contribution in [1.82, 2.24) is 5.32 Å². The minimum atomic E-state index is -0.833. The van der Waals surface area contributed by atoms with Crippen LogP contribution in [-0.4, -0.2) is 34.7 Å². The molecule has 124 valence electrons. The van der Waals surface area contributed by atoms with Gasteiger partial charge in [-0.2, -0.15) is 0 Å². The molecule has 0 fully saturated rings. The van der Waals surface area contributed by atoms with Crippen LogP contribution in [0.3, 0.4) is 0 Å². The predicted molar refractivity (Wildman–Crippen MR) is 85.6 cm³/mol. The number of amides is 1. The topological polar surface area (TPSA) is 113 Å². The Hall–Kier alpha value is -2.08. The smallest absolute Gasteiger partial charge is 0.300 e. The third-order valence-corrected chi connectivity index (χ3v) is 2.71. The fraction of sp³-hybridized carbons (Fsp3) is 0.500. The molecule has 5 N–H and O–H groups in total. The number of carbonyl (C=O) groups is 2. The lowest BCUT2D eigenvalue weighted by Crippen LogP contribution is -2.42. The Morgan fingerprint density at radius 3 is 2.18 bits per heavy atom. The van der Waals surface area contributed by atoms with Crippen LogP contribution in [0.4, 0.5) is 0 Å². The molecule has 0 bridgehead atoms. The highest BCUT2D eigenvalue weighted by Gasteiger charge is 2.13. The molecule has 0 radical (unpaired) electrons. The number of carbonyl (C=O) groups excluding carboxylic acids is 1. The molecule has 0 heterocycles.